The van der Waals surface area contributed by atoms with Crippen LogP contribution in [0.15, 0.2) is 0 Å². The Balaban J connectivity index is 2.34. The Morgan fingerprint density at radius 3 is 2.35 bits per heavy atom. The third-order valence-corrected chi connectivity index (χ3v) is 5.01. The molecule has 1 saturated heterocycles. The lowest BCUT2D eigenvalue weighted by Gasteiger charge is -2.36. The molecular formula is C17H27NO5. The van der Waals surface area contributed by atoms with Gasteiger partial charge in [0.2, 0.25) is 0 Å². The first-order valence-electron chi connectivity index (χ1n) is 8.17. The Morgan fingerprint density at radius 2 is 1.83 bits per heavy atom. The van der Waals surface area contributed by atoms with E-state index in [0.717, 1.165) is 0 Å². The number of methoxy groups -OCH3 is 1. The molecule has 6 nitrogen and oxygen atoms in total. The molecule has 0 bridgehead atoms. The van der Waals surface area contributed by atoms with E-state index in [9.17, 15) is 14.4 Å². The maximum absolute atomic E-state index is 12.5. The quantitative estimate of drug-likeness (QED) is 0.691. The zero-order valence-corrected chi connectivity index (χ0v) is 14.8. The molecule has 5 atom stereocenters. The van der Waals surface area contributed by atoms with Gasteiger partial charge in [-0.05, 0) is 32.6 Å². The number of ketones is 1. The van der Waals surface area contributed by atoms with Crippen LogP contribution in [0.3, 0.4) is 0 Å². The standard InChI is InChI=1S/C17H27NO5/c1-9-7-12(19)10(2)13-11(9)8-18(14(13)15(20)22-6)16(21)23-17(3,4)5/h9-11,13-14H,7-8H2,1-6H3/t9-,10+,11+,13-,14-/m0/s1. The smallest absolute Gasteiger partial charge is 0.411 e. The minimum atomic E-state index is -0.749. The molecule has 130 valence electrons. The van der Waals surface area contributed by atoms with Crippen LogP contribution in [0.5, 0.6) is 0 Å². The van der Waals surface area contributed by atoms with Gasteiger partial charge in [0.1, 0.15) is 17.4 Å². The van der Waals surface area contributed by atoms with Crippen molar-refractivity contribution in [2.75, 3.05) is 13.7 Å². The van der Waals surface area contributed by atoms with E-state index < -0.39 is 23.7 Å². The number of likely N-dealkylation sites (tertiary alicyclic amines) is 1. The van der Waals surface area contributed by atoms with E-state index in [1.807, 2.05) is 13.8 Å². The molecule has 1 heterocycles. The second-order valence-corrected chi connectivity index (χ2v) is 7.78. The Bertz CT molecular complexity index is 510. The number of ether oxygens (including phenoxy) is 2. The van der Waals surface area contributed by atoms with Gasteiger partial charge in [0.15, 0.2) is 0 Å². The van der Waals surface area contributed by atoms with Crippen molar-refractivity contribution in [3.63, 3.8) is 0 Å². The molecule has 6 heteroatoms. The van der Waals surface area contributed by atoms with Gasteiger partial charge in [-0.25, -0.2) is 9.59 Å². The molecule has 0 aromatic carbocycles. The molecule has 23 heavy (non-hydrogen) atoms. The molecule has 1 saturated carbocycles. The summed E-state index contributed by atoms with van der Waals surface area (Å²) in [4.78, 5) is 38.5. The van der Waals surface area contributed by atoms with Gasteiger partial charge in [-0.15, -0.1) is 0 Å². The topological polar surface area (TPSA) is 72.9 Å². The molecule has 1 amide bonds. The third kappa shape index (κ3) is 3.35. The highest BCUT2D eigenvalue weighted by atomic mass is 16.6. The lowest BCUT2D eigenvalue weighted by molar-refractivity contribution is -0.149. The lowest BCUT2D eigenvalue weighted by Crippen LogP contribution is -2.48. The van der Waals surface area contributed by atoms with Gasteiger partial charge < -0.3 is 9.47 Å². The molecule has 0 radical (unpaired) electrons. The van der Waals surface area contributed by atoms with Crippen molar-refractivity contribution >= 4 is 17.8 Å². The minimum absolute atomic E-state index is 0.110. The first-order chi connectivity index (χ1) is 10.6. The van der Waals surface area contributed by atoms with Crippen molar-refractivity contribution < 1.29 is 23.9 Å². The molecule has 0 aromatic rings. The maximum atomic E-state index is 12.5. The predicted molar refractivity (Wildman–Crippen MR) is 83.7 cm³/mol. The van der Waals surface area contributed by atoms with Gasteiger partial charge in [-0.3, -0.25) is 9.69 Å². The Hall–Kier alpha value is -1.59. The van der Waals surface area contributed by atoms with E-state index in [4.69, 9.17) is 9.47 Å². The summed E-state index contributed by atoms with van der Waals surface area (Å²) in [6, 6.07) is -0.749. The number of hydrogen-bond acceptors (Lipinski definition) is 5. The lowest BCUT2D eigenvalue weighted by atomic mass is 9.66. The Morgan fingerprint density at radius 1 is 1.22 bits per heavy atom. The number of carbonyl (C=O) groups excluding carboxylic acids is 3. The Labute approximate surface area is 137 Å². The Kier molecular flexibility index (Phi) is 4.74. The molecule has 0 N–H and O–H groups in total. The first-order valence-corrected chi connectivity index (χ1v) is 8.17. The van der Waals surface area contributed by atoms with Crippen molar-refractivity contribution in [3.05, 3.63) is 0 Å². The number of hydrogen-bond donors (Lipinski definition) is 0. The summed E-state index contributed by atoms with van der Waals surface area (Å²) in [6.45, 7) is 9.65. The van der Waals surface area contributed by atoms with Crippen molar-refractivity contribution in [2.24, 2.45) is 23.7 Å². The summed E-state index contributed by atoms with van der Waals surface area (Å²) in [5, 5.41) is 0. The average molecular weight is 325 g/mol. The summed E-state index contributed by atoms with van der Waals surface area (Å²) >= 11 is 0. The third-order valence-electron chi connectivity index (χ3n) is 5.01. The predicted octanol–water partition coefficient (Wildman–Crippen LogP) is 2.26. The van der Waals surface area contributed by atoms with Crippen LogP contribution in [0.1, 0.15) is 41.0 Å². The van der Waals surface area contributed by atoms with Gasteiger partial charge in [0.05, 0.1) is 7.11 Å². The normalized spacial score (nSPS) is 34.1. The van der Waals surface area contributed by atoms with E-state index >= 15 is 0 Å². The molecule has 0 aromatic heterocycles. The molecule has 0 spiro atoms. The van der Waals surface area contributed by atoms with Crippen LogP contribution >= 0.6 is 0 Å². The maximum Gasteiger partial charge on any atom is 0.411 e. The zero-order chi connectivity index (χ0) is 17.5. The van der Waals surface area contributed by atoms with Gasteiger partial charge in [-0.1, -0.05) is 13.8 Å². The molecule has 1 aliphatic carbocycles. The van der Waals surface area contributed by atoms with E-state index in [2.05, 4.69) is 0 Å². The van der Waals surface area contributed by atoms with Crippen LogP contribution in [0.4, 0.5) is 4.79 Å². The SMILES string of the molecule is COC(=O)[C@@H]1[C@@H]2[C@H](CN1C(=O)OC(C)(C)C)[C@@H](C)CC(=O)[C@H]2C. The van der Waals surface area contributed by atoms with E-state index in [1.54, 1.807) is 20.8 Å². The minimum Gasteiger partial charge on any atom is -0.467 e. The zero-order valence-electron chi connectivity index (χ0n) is 14.8. The number of nitrogens with zero attached hydrogens (tertiary/aromatic N) is 1. The van der Waals surface area contributed by atoms with Crippen LogP contribution in [-0.2, 0) is 19.1 Å². The van der Waals surface area contributed by atoms with Crippen molar-refractivity contribution in [2.45, 2.75) is 52.7 Å². The van der Waals surface area contributed by atoms with Crippen LogP contribution in [0.2, 0.25) is 0 Å². The van der Waals surface area contributed by atoms with E-state index in [1.165, 1.54) is 12.0 Å². The van der Waals surface area contributed by atoms with Gasteiger partial charge in [0, 0.05) is 24.8 Å². The molecular weight excluding hydrogens is 298 g/mol. The molecule has 2 rings (SSSR count). The first kappa shape index (κ1) is 17.8. The highest BCUT2D eigenvalue weighted by Gasteiger charge is 2.56. The number of carbonyl (C=O) groups is 3. The fraction of sp³-hybridized carbons (Fsp3) is 0.824. The summed E-state index contributed by atoms with van der Waals surface area (Å²) in [5.74, 6) is -0.530. The van der Waals surface area contributed by atoms with Gasteiger partial charge in [0.25, 0.3) is 0 Å². The van der Waals surface area contributed by atoms with Crippen LogP contribution in [-0.4, -0.2) is 48.0 Å². The largest absolute Gasteiger partial charge is 0.467 e. The number of Topliss-reactive ketones (excluding diaryl/α,β-unsaturated/α-hetero) is 1. The van der Waals surface area contributed by atoms with Crippen molar-refractivity contribution in [3.8, 4) is 0 Å². The second-order valence-electron chi connectivity index (χ2n) is 7.78. The molecule has 2 aliphatic rings. The second kappa shape index (κ2) is 6.13. The van der Waals surface area contributed by atoms with Crippen molar-refractivity contribution in [1.82, 2.24) is 4.90 Å². The highest BCUT2D eigenvalue weighted by molar-refractivity contribution is 5.87. The number of esters is 1. The summed E-state index contributed by atoms with van der Waals surface area (Å²) < 4.78 is 10.4. The summed E-state index contributed by atoms with van der Waals surface area (Å²) in [5.41, 5.74) is -0.640. The van der Waals surface area contributed by atoms with Gasteiger partial charge >= 0.3 is 12.1 Å². The summed E-state index contributed by atoms with van der Waals surface area (Å²) in [6.07, 6.45) is -0.0209. The highest BCUT2D eigenvalue weighted by Crippen LogP contribution is 2.45. The fourth-order valence-electron chi connectivity index (χ4n) is 3.89. The average Bonchev–Trinajstić information content (AvgIpc) is 2.83. The van der Waals surface area contributed by atoms with E-state index in [0.29, 0.717) is 13.0 Å². The van der Waals surface area contributed by atoms with Gasteiger partial charge in [-0.2, -0.15) is 0 Å². The summed E-state index contributed by atoms with van der Waals surface area (Å²) in [7, 11) is 1.31. The van der Waals surface area contributed by atoms with Crippen molar-refractivity contribution in [1.29, 1.82) is 0 Å². The fourth-order valence-corrected chi connectivity index (χ4v) is 3.89. The molecule has 2 fully saturated rings. The van der Waals surface area contributed by atoms with Crippen LogP contribution in [0.25, 0.3) is 0 Å². The molecule has 1 aliphatic heterocycles. The molecule has 0 unspecified atom stereocenters. The number of amides is 1. The number of rotatable bonds is 1. The van der Waals surface area contributed by atoms with Crippen LogP contribution in [0, 0.1) is 23.7 Å². The van der Waals surface area contributed by atoms with E-state index in [-0.39, 0.29) is 29.5 Å². The monoisotopic (exact) mass is 325 g/mol. The number of fused-ring (bicyclic) bond motifs is 1. The van der Waals surface area contributed by atoms with Crippen LogP contribution < -0.4 is 0 Å².